The highest BCUT2D eigenvalue weighted by atomic mass is 35.5. The number of pyridine rings is 1. The Hall–Kier alpha value is -3.24. The van der Waals surface area contributed by atoms with Crippen LogP contribution in [0.4, 0.5) is 0 Å². The highest BCUT2D eigenvalue weighted by molar-refractivity contribution is 6.33. The largest absolute Gasteiger partial charge is 0.481 e. The van der Waals surface area contributed by atoms with Crippen LogP contribution in [-0.4, -0.2) is 62.1 Å². The van der Waals surface area contributed by atoms with Crippen LogP contribution in [0.2, 0.25) is 10.0 Å². The minimum atomic E-state index is -0.205. The highest BCUT2D eigenvalue weighted by Crippen LogP contribution is 2.29. The maximum Gasteiger partial charge on any atom is 0.274 e. The summed E-state index contributed by atoms with van der Waals surface area (Å²) in [5.41, 5.74) is 1.50. The molecule has 172 valence electrons. The molecule has 1 aliphatic heterocycles. The van der Waals surface area contributed by atoms with E-state index in [1.807, 2.05) is 0 Å². The van der Waals surface area contributed by atoms with E-state index in [2.05, 4.69) is 30.5 Å². The Kier molecular flexibility index (Phi) is 7.05. The lowest BCUT2D eigenvalue weighted by molar-refractivity contribution is -0.126. The predicted octanol–water partition coefficient (Wildman–Crippen LogP) is 2.75. The zero-order chi connectivity index (χ0) is 23.4. The van der Waals surface area contributed by atoms with E-state index in [1.165, 1.54) is 25.7 Å². The van der Waals surface area contributed by atoms with Gasteiger partial charge < -0.3 is 15.0 Å². The first-order valence-corrected chi connectivity index (χ1v) is 11.0. The fourth-order valence-electron chi connectivity index (χ4n) is 3.55. The molecule has 4 rings (SSSR count). The molecule has 12 heteroatoms. The monoisotopic (exact) mass is 489 g/mol. The van der Waals surface area contributed by atoms with Crippen LogP contribution in [0.5, 0.6) is 5.88 Å². The van der Waals surface area contributed by atoms with Gasteiger partial charge in [-0.1, -0.05) is 23.2 Å². The predicted molar refractivity (Wildman–Crippen MR) is 121 cm³/mol. The van der Waals surface area contributed by atoms with Crippen molar-refractivity contribution in [2.75, 3.05) is 20.2 Å². The lowest BCUT2D eigenvalue weighted by Gasteiger charge is -2.30. The Bertz CT molecular complexity index is 1150. The van der Waals surface area contributed by atoms with Gasteiger partial charge in [-0.25, -0.2) is 15.0 Å². The van der Waals surface area contributed by atoms with Gasteiger partial charge in [0.05, 0.1) is 35.6 Å². The number of carbonyl (C=O) groups excluding carboxylic acids is 2. The zero-order valence-corrected chi connectivity index (χ0v) is 19.2. The van der Waals surface area contributed by atoms with Gasteiger partial charge in [0.25, 0.3) is 5.91 Å². The van der Waals surface area contributed by atoms with Gasteiger partial charge in [-0.15, -0.1) is 0 Å². The highest BCUT2D eigenvalue weighted by Gasteiger charge is 2.29. The van der Waals surface area contributed by atoms with Crippen molar-refractivity contribution >= 4 is 35.0 Å². The van der Waals surface area contributed by atoms with Gasteiger partial charge in [-0.05, 0) is 18.9 Å². The van der Waals surface area contributed by atoms with E-state index in [4.69, 9.17) is 27.9 Å². The molecule has 0 unspecified atom stereocenters. The summed E-state index contributed by atoms with van der Waals surface area (Å²) < 4.78 is 5.13. The summed E-state index contributed by atoms with van der Waals surface area (Å²) in [7, 11) is 1.51. The summed E-state index contributed by atoms with van der Waals surface area (Å²) in [5, 5.41) is 10.7. The minimum Gasteiger partial charge on any atom is -0.481 e. The molecule has 0 spiro atoms. The van der Waals surface area contributed by atoms with Crippen molar-refractivity contribution in [1.29, 1.82) is 0 Å². The van der Waals surface area contributed by atoms with Crippen molar-refractivity contribution in [2.24, 2.45) is 5.92 Å². The number of H-pyrrole nitrogens is 1. The maximum atomic E-state index is 12.9. The second-order valence-electron chi connectivity index (χ2n) is 7.48. The van der Waals surface area contributed by atoms with Crippen LogP contribution in [0.15, 0.2) is 30.7 Å². The molecule has 33 heavy (non-hydrogen) atoms. The van der Waals surface area contributed by atoms with Crippen molar-refractivity contribution in [1.82, 2.24) is 35.4 Å². The minimum absolute atomic E-state index is 0.0796. The lowest BCUT2D eigenvalue weighted by Crippen LogP contribution is -2.43. The fraction of sp³-hybridized carbons (Fsp3) is 0.333. The van der Waals surface area contributed by atoms with Crippen LogP contribution in [0, 0.1) is 5.92 Å². The molecule has 1 saturated heterocycles. The molecule has 2 amide bonds. The number of aromatic nitrogens is 5. The van der Waals surface area contributed by atoms with Crippen LogP contribution in [-0.2, 0) is 11.3 Å². The van der Waals surface area contributed by atoms with Crippen LogP contribution in [0.25, 0.3) is 11.3 Å². The first kappa shape index (κ1) is 22.9. The second-order valence-corrected chi connectivity index (χ2v) is 8.32. The third-order valence-electron chi connectivity index (χ3n) is 5.37. The number of carbonyl (C=O) groups is 2. The molecule has 0 radical (unpaired) electrons. The molecule has 1 fully saturated rings. The Morgan fingerprint density at radius 2 is 1.88 bits per heavy atom. The molecule has 3 aromatic rings. The Morgan fingerprint density at radius 1 is 1.15 bits per heavy atom. The summed E-state index contributed by atoms with van der Waals surface area (Å²) in [6.45, 7) is 1.15. The van der Waals surface area contributed by atoms with Gasteiger partial charge >= 0.3 is 0 Å². The first-order valence-electron chi connectivity index (χ1n) is 10.2. The Morgan fingerprint density at radius 3 is 2.58 bits per heavy atom. The molecule has 10 nitrogen and oxygen atoms in total. The van der Waals surface area contributed by atoms with E-state index in [1.54, 1.807) is 17.0 Å². The van der Waals surface area contributed by atoms with E-state index in [9.17, 15) is 9.59 Å². The smallest absolute Gasteiger partial charge is 0.274 e. The van der Waals surface area contributed by atoms with Crippen LogP contribution < -0.4 is 10.1 Å². The summed E-state index contributed by atoms with van der Waals surface area (Å²) in [6.07, 6.45) is 5.57. The number of methoxy groups -OCH3 is 1. The van der Waals surface area contributed by atoms with Gasteiger partial charge in [0.1, 0.15) is 5.82 Å². The lowest BCUT2D eigenvalue weighted by atomic mass is 9.95. The molecule has 0 atom stereocenters. The zero-order valence-electron chi connectivity index (χ0n) is 17.7. The van der Waals surface area contributed by atoms with E-state index in [-0.39, 0.29) is 30.0 Å². The Balaban J connectivity index is 1.32. The third kappa shape index (κ3) is 5.40. The van der Waals surface area contributed by atoms with Crippen LogP contribution >= 0.6 is 23.2 Å². The molecular formula is C21H21Cl2N7O3. The maximum absolute atomic E-state index is 12.9. The number of amides is 2. The number of piperidine rings is 1. The number of hydrogen-bond acceptors (Lipinski definition) is 7. The van der Waals surface area contributed by atoms with Gasteiger partial charge in [0, 0.05) is 43.0 Å². The van der Waals surface area contributed by atoms with Crippen molar-refractivity contribution in [3.63, 3.8) is 0 Å². The van der Waals surface area contributed by atoms with Crippen molar-refractivity contribution in [3.05, 3.63) is 52.3 Å². The molecule has 1 aliphatic rings. The van der Waals surface area contributed by atoms with Gasteiger partial charge in [-0.3, -0.25) is 14.7 Å². The van der Waals surface area contributed by atoms with E-state index >= 15 is 0 Å². The number of likely N-dealkylation sites (tertiary alicyclic amines) is 1. The molecule has 4 heterocycles. The summed E-state index contributed by atoms with van der Waals surface area (Å²) in [4.78, 5) is 39.3. The third-order valence-corrected chi connectivity index (χ3v) is 5.87. The Labute approximate surface area is 199 Å². The number of nitrogens with zero attached hydrogens (tertiary/aromatic N) is 5. The topological polar surface area (TPSA) is 126 Å². The number of rotatable bonds is 6. The summed E-state index contributed by atoms with van der Waals surface area (Å²) >= 11 is 12.0. The van der Waals surface area contributed by atoms with Crippen LogP contribution in [0.3, 0.4) is 0 Å². The standard InChI is InChI=1S/C21H21Cl2N7O3/c1-33-19-6-14(15(23)10-26-19)16-7-17(29-28-16)21(32)30-4-2-12(3-5-30)20(31)27-11-18-24-8-13(22)9-25-18/h6-10,12H,2-5,11H2,1H3,(H,27,31)(H,28,29). The number of hydrogen-bond donors (Lipinski definition) is 2. The van der Waals surface area contributed by atoms with Crippen molar-refractivity contribution in [2.45, 2.75) is 19.4 Å². The number of nitrogens with one attached hydrogen (secondary N) is 2. The normalized spacial score (nSPS) is 14.2. The number of ether oxygens (including phenoxy) is 1. The summed E-state index contributed by atoms with van der Waals surface area (Å²) in [6, 6.07) is 3.32. The summed E-state index contributed by atoms with van der Waals surface area (Å²) in [5.74, 6) is 0.424. The molecule has 0 aliphatic carbocycles. The molecular weight excluding hydrogens is 469 g/mol. The molecule has 0 saturated carbocycles. The van der Waals surface area contributed by atoms with Crippen LogP contribution in [0.1, 0.15) is 29.2 Å². The van der Waals surface area contributed by atoms with E-state index in [0.29, 0.717) is 58.9 Å². The SMILES string of the molecule is COc1cc(-c2cc(C(=O)N3CCC(C(=O)NCc4ncc(Cl)cn4)CC3)n[nH]2)c(Cl)cn1. The average molecular weight is 490 g/mol. The molecule has 2 N–H and O–H groups in total. The number of aromatic amines is 1. The second kappa shape index (κ2) is 10.1. The molecule has 3 aromatic heterocycles. The molecule has 0 aromatic carbocycles. The van der Waals surface area contributed by atoms with Crippen molar-refractivity contribution < 1.29 is 14.3 Å². The first-order chi connectivity index (χ1) is 15.9. The van der Waals surface area contributed by atoms with E-state index < -0.39 is 0 Å². The van der Waals surface area contributed by atoms with Gasteiger partial charge in [-0.2, -0.15) is 5.10 Å². The fourth-order valence-corrected chi connectivity index (χ4v) is 3.86. The number of halogens is 2. The average Bonchev–Trinajstić information content (AvgIpc) is 3.33. The van der Waals surface area contributed by atoms with E-state index in [0.717, 1.165) is 0 Å². The van der Waals surface area contributed by atoms with Gasteiger partial charge in [0.2, 0.25) is 11.8 Å². The van der Waals surface area contributed by atoms with Gasteiger partial charge in [0.15, 0.2) is 5.69 Å². The molecule has 0 bridgehead atoms. The quantitative estimate of drug-likeness (QED) is 0.544. The van der Waals surface area contributed by atoms with Crippen molar-refractivity contribution in [3.8, 4) is 17.1 Å².